The Balaban J connectivity index is 2.41. The lowest BCUT2D eigenvalue weighted by atomic mass is 9.99. The molecular weight excluding hydrogens is 226 g/mol. The lowest BCUT2D eigenvalue weighted by molar-refractivity contribution is -0.146. The van der Waals surface area contributed by atoms with Crippen LogP contribution in [0.5, 0.6) is 0 Å². The van der Waals surface area contributed by atoms with Crippen molar-refractivity contribution in [2.75, 3.05) is 13.2 Å². The standard InChI is InChI=1S/C11H19NO5/c1-11(2,3)17-10(15)12-8-4-7(9(13)14)5-16-6-8/h7-8H,4-6H2,1-3H3,(H,12,15)(H,13,14)/t7-,8-/m1/s1. The number of nitrogens with one attached hydrogen (secondary N) is 1. The molecule has 1 fully saturated rings. The van der Waals surface area contributed by atoms with Crippen molar-refractivity contribution >= 4 is 12.1 Å². The number of aliphatic carboxylic acids is 1. The molecule has 0 aromatic carbocycles. The van der Waals surface area contributed by atoms with Gasteiger partial charge in [-0.15, -0.1) is 0 Å². The normalized spacial score (nSPS) is 25.1. The Bertz CT molecular complexity index is 297. The van der Waals surface area contributed by atoms with Crippen molar-refractivity contribution in [2.24, 2.45) is 5.92 Å². The topological polar surface area (TPSA) is 84.9 Å². The number of amides is 1. The molecule has 1 saturated heterocycles. The molecule has 0 aliphatic carbocycles. The number of carboxylic acid groups (broad SMARTS) is 1. The number of ether oxygens (including phenoxy) is 2. The summed E-state index contributed by atoms with van der Waals surface area (Å²) in [5.41, 5.74) is -0.564. The van der Waals surface area contributed by atoms with Crippen LogP contribution in [-0.2, 0) is 14.3 Å². The summed E-state index contributed by atoms with van der Waals surface area (Å²) in [5.74, 6) is -1.47. The maximum Gasteiger partial charge on any atom is 0.407 e. The quantitative estimate of drug-likeness (QED) is 0.758. The first kappa shape index (κ1) is 13.8. The van der Waals surface area contributed by atoms with Gasteiger partial charge in [0.05, 0.1) is 25.2 Å². The third-order valence-electron chi connectivity index (χ3n) is 2.28. The fourth-order valence-corrected chi connectivity index (χ4v) is 1.58. The molecule has 0 radical (unpaired) electrons. The van der Waals surface area contributed by atoms with E-state index in [4.69, 9.17) is 14.6 Å². The lowest BCUT2D eigenvalue weighted by Gasteiger charge is -2.28. The molecule has 1 heterocycles. The van der Waals surface area contributed by atoms with E-state index < -0.39 is 23.6 Å². The summed E-state index contributed by atoms with van der Waals surface area (Å²) in [6.07, 6.45) is -0.175. The summed E-state index contributed by atoms with van der Waals surface area (Å²) in [5, 5.41) is 11.5. The summed E-state index contributed by atoms with van der Waals surface area (Å²) in [6.45, 7) is 5.82. The fourth-order valence-electron chi connectivity index (χ4n) is 1.58. The molecule has 1 aliphatic rings. The van der Waals surface area contributed by atoms with E-state index in [0.717, 1.165) is 0 Å². The second-order valence-electron chi connectivity index (χ2n) is 5.15. The third-order valence-corrected chi connectivity index (χ3v) is 2.28. The van der Waals surface area contributed by atoms with E-state index in [0.29, 0.717) is 13.0 Å². The largest absolute Gasteiger partial charge is 0.481 e. The Morgan fingerprint density at radius 1 is 1.35 bits per heavy atom. The molecule has 2 N–H and O–H groups in total. The van der Waals surface area contributed by atoms with Gasteiger partial charge in [0, 0.05) is 0 Å². The highest BCUT2D eigenvalue weighted by Gasteiger charge is 2.29. The van der Waals surface area contributed by atoms with Crippen LogP contribution >= 0.6 is 0 Å². The Kier molecular flexibility index (Phi) is 4.34. The minimum absolute atomic E-state index is 0.196. The predicted molar refractivity (Wildman–Crippen MR) is 59.7 cm³/mol. The average molecular weight is 245 g/mol. The Hall–Kier alpha value is -1.30. The molecule has 1 amide bonds. The highest BCUT2D eigenvalue weighted by atomic mass is 16.6. The summed E-state index contributed by atoms with van der Waals surface area (Å²) in [7, 11) is 0. The van der Waals surface area contributed by atoms with E-state index in [2.05, 4.69) is 5.32 Å². The van der Waals surface area contributed by atoms with Crippen molar-refractivity contribution in [3.8, 4) is 0 Å². The van der Waals surface area contributed by atoms with Gasteiger partial charge in [0.15, 0.2) is 0 Å². The Morgan fingerprint density at radius 2 is 2.00 bits per heavy atom. The maximum absolute atomic E-state index is 11.5. The summed E-state index contributed by atoms with van der Waals surface area (Å²) < 4.78 is 10.2. The van der Waals surface area contributed by atoms with Crippen LogP contribution in [0.2, 0.25) is 0 Å². The highest BCUT2D eigenvalue weighted by molar-refractivity contribution is 5.71. The molecule has 0 aromatic rings. The predicted octanol–water partition coefficient (Wildman–Crippen LogP) is 1.00. The zero-order valence-electron chi connectivity index (χ0n) is 10.4. The van der Waals surface area contributed by atoms with E-state index in [-0.39, 0.29) is 12.6 Å². The molecule has 0 unspecified atom stereocenters. The lowest BCUT2D eigenvalue weighted by Crippen LogP contribution is -2.46. The molecule has 6 heteroatoms. The zero-order valence-corrected chi connectivity index (χ0v) is 10.4. The number of hydrogen-bond donors (Lipinski definition) is 2. The van der Waals surface area contributed by atoms with Crippen LogP contribution in [0.15, 0.2) is 0 Å². The van der Waals surface area contributed by atoms with Gasteiger partial charge in [0.25, 0.3) is 0 Å². The minimum Gasteiger partial charge on any atom is -0.481 e. The highest BCUT2D eigenvalue weighted by Crippen LogP contribution is 2.15. The van der Waals surface area contributed by atoms with E-state index in [9.17, 15) is 9.59 Å². The van der Waals surface area contributed by atoms with Crippen LogP contribution in [0.4, 0.5) is 4.79 Å². The van der Waals surface area contributed by atoms with Gasteiger partial charge in [0.2, 0.25) is 0 Å². The summed E-state index contributed by atoms with van der Waals surface area (Å²) in [4.78, 5) is 22.3. The van der Waals surface area contributed by atoms with Crippen LogP contribution in [0, 0.1) is 5.92 Å². The van der Waals surface area contributed by atoms with Crippen LogP contribution in [0.1, 0.15) is 27.2 Å². The first-order chi connectivity index (χ1) is 7.78. The first-order valence-corrected chi connectivity index (χ1v) is 5.58. The second-order valence-corrected chi connectivity index (χ2v) is 5.15. The van der Waals surface area contributed by atoms with E-state index in [1.807, 2.05) is 0 Å². The van der Waals surface area contributed by atoms with Gasteiger partial charge in [0.1, 0.15) is 5.60 Å². The molecule has 0 saturated carbocycles. The number of rotatable bonds is 2. The van der Waals surface area contributed by atoms with Gasteiger partial charge in [-0.25, -0.2) is 4.79 Å². The van der Waals surface area contributed by atoms with E-state index in [1.54, 1.807) is 20.8 Å². The SMILES string of the molecule is CC(C)(C)OC(=O)N[C@H]1COC[C@H](C(=O)O)C1. The smallest absolute Gasteiger partial charge is 0.407 e. The number of alkyl carbamates (subject to hydrolysis) is 1. The third kappa shape index (κ3) is 5.04. The fraction of sp³-hybridized carbons (Fsp3) is 0.818. The van der Waals surface area contributed by atoms with Crippen molar-refractivity contribution < 1.29 is 24.2 Å². The van der Waals surface area contributed by atoms with Crippen molar-refractivity contribution in [1.82, 2.24) is 5.32 Å². The molecule has 1 aliphatic heterocycles. The molecular formula is C11H19NO5. The van der Waals surface area contributed by atoms with Crippen molar-refractivity contribution in [2.45, 2.75) is 38.8 Å². The molecule has 98 valence electrons. The van der Waals surface area contributed by atoms with Crippen molar-refractivity contribution in [3.63, 3.8) is 0 Å². The van der Waals surface area contributed by atoms with Crippen molar-refractivity contribution in [3.05, 3.63) is 0 Å². The van der Waals surface area contributed by atoms with Crippen molar-refractivity contribution in [1.29, 1.82) is 0 Å². The van der Waals surface area contributed by atoms with Crippen LogP contribution in [0.25, 0.3) is 0 Å². The first-order valence-electron chi connectivity index (χ1n) is 5.58. The molecule has 0 aromatic heterocycles. The van der Waals surface area contributed by atoms with Gasteiger partial charge in [-0.2, -0.15) is 0 Å². The van der Waals surface area contributed by atoms with Crippen LogP contribution in [-0.4, -0.2) is 42.0 Å². The minimum atomic E-state index is -0.902. The molecule has 0 spiro atoms. The van der Waals surface area contributed by atoms with E-state index in [1.165, 1.54) is 0 Å². The van der Waals surface area contributed by atoms with E-state index >= 15 is 0 Å². The maximum atomic E-state index is 11.5. The zero-order chi connectivity index (χ0) is 13.1. The average Bonchev–Trinajstić information content (AvgIpc) is 2.14. The molecule has 1 rings (SSSR count). The number of carbonyl (C=O) groups excluding carboxylic acids is 1. The molecule has 6 nitrogen and oxygen atoms in total. The van der Waals surface area contributed by atoms with Gasteiger partial charge in [-0.1, -0.05) is 0 Å². The van der Waals surface area contributed by atoms with Crippen LogP contribution in [0.3, 0.4) is 0 Å². The van der Waals surface area contributed by atoms with Gasteiger partial charge >= 0.3 is 12.1 Å². The summed E-state index contributed by atoms with van der Waals surface area (Å²) >= 11 is 0. The van der Waals surface area contributed by atoms with Gasteiger partial charge in [-0.05, 0) is 27.2 Å². The van der Waals surface area contributed by atoms with Crippen LogP contribution < -0.4 is 5.32 Å². The Morgan fingerprint density at radius 3 is 2.53 bits per heavy atom. The van der Waals surface area contributed by atoms with Gasteiger partial charge < -0.3 is 19.9 Å². The number of carboxylic acids is 1. The molecule has 17 heavy (non-hydrogen) atoms. The second kappa shape index (κ2) is 5.35. The van der Waals surface area contributed by atoms with Gasteiger partial charge in [-0.3, -0.25) is 4.79 Å². The number of carbonyl (C=O) groups is 2. The number of hydrogen-bond acceptors (Lipinski definition) is 4. The molecule has 0 bridgehead atoms. The Labute approximate surface area is 100 Å². The monoisotopic (exact) mass is 245 g/mol. The summed E-state index contributed by atoms with van der Waals surface area (Å²) in [6, 6.07) is -0.306. The molecule has 2 atom stereocenters.